The van der Waals surface area contributed by atoms with Crippen molar-refractivity contribution < 1.29 is 4.74 Å². The van der Waals surface area contributed by atoms with Crippen LogP contribution in [0.4, 0.5) is 5.82 Å². The van der Waals surface area contributed by atoms with Gasteiger partial charge in [0.25, 0.3) is 0 Å². The van der Waals surface area contributed by atoms with Crippen LogP contribution in [0, 0.1) is 16.7 Å². The van der Waals surface area contributed by atoms with E-state index in [-0.39, 0.29) is 15.5 Å². The highest BCUT2D eigenvalue weighted by Crippen LogP contribution is 2.39. The Bertz CT molecular complexity index is 1470. The molecule has 5 rings (SSSR count). The molecule has 3 aromatic heterocycles. The summed E-state index contributed by atoms with van der Waals surface area (Å²) in [6.07, 6.45) is 3.62. The van der Waals surface area contributed by atoms with E-state index in [9.17, 15) is 5.26 Å². The number of nitriles is 1. The van der Waals surface area contributed by atoms with E-state index in [1.807, 2.05) is 0 Å². The molecule has 1 saturated heterocycles. The molecular weight excluding hydrogens is 509 g/mol. The molecule has 1 aromatic carbocycles. The standard InChI is InChI=1S/C24H20Cl3N7O/c1-24(2)10-34(11-24)23-12(6-28)3-13(7-31-23)21-14-4-19(15(25)5-18(14)32-33-21)35-22(29)20-16(26)8-30-9-17(20)27/h3-5,7-9,22H,10-11,29H2,1-2H3,(H,32,33)/t22-/m0/s1. The number of pyridine rings is 2. The molecule has 0 spiro atoms. The molecule has 3 N–H and O–H groups in total. The van der Waals surface area contributed by atoms with Gasteiger partial charge in [0.05, 0.1) is 26.1 Å². The van der Waals surface area contributed by atoms with Crippen molar-refractivity contribution in [2.45, 2.75) is 20.1 Å². The Morgan fingerprint density at radius 1 is 1.11 bits per heavy atom. The summed E-state index contributed by atoms with van der Waals surface area (Å²) in [5, 5.41) is 18.8. The lowest BCUT2D eigenvalue weighted by Gasteiger charge is -2.46. The third-order valence-corrected chi connectivity index (χ3v) is 6.74. The highest BCUT2D eigenvalue weighted by Gasteiger charge is 2.36. The predicted molar refractivity (Wildman–Crippen MR) is 137 cm³/mol. The van der Waals surface area contributed by atoms with Gasteiger partial charge in [0, 0.05) is 48.2 Å². The van der Waals surface area contributed by atoms with E-state index >= 15 is 0 Å². The van der Waals surface area contributed by atoms with Crippen molar-refractivity contribution >= 4 is 51.5 Å². The van der Waals surface area contributed by atoms with Crippen LogP contribution in [0.15, 0.2) is 36.8 Å². The number of halogens is 3. The van der Waals surface area contributed by atoms with Crippen molar-refractivity contribution in [2.75, 3.05) is 18.0 Å². The number of ether oxygens (including phenoxy) is 1. The van der Waals surface area contributed by atoms with E-state index in [1.165, 1.54) is 12.4 Å². The number of benzene rings is 1. The molecule has 4 aromatic rings. The Balaban J connectivity index is 1.50. The normalized spacial score (nSPS) is 15.5. The first-order chi connectivity index (χ1) is 16.7. The minimum atomic E-state index is -0.977. The number of nitrogens with zero attached hydrogens (tertiary/aromatic N) is 5. The number of nitrogens with one attached hydrogen (secondary N) is 1. The lowest BCUT2D eigenvalue weighted by molar-refractivity contribution is 0.214. The molecule has 11 heteroatoms. The molecule has 4 heterocycles. The summed E-state index contributed by atoms with van der Waals surface area (Å²) in [6, 6.07) is 7.48. The minimum absolute atomic E-state index is 0.215. The second kappa shape index (κ2) is 8.85. The molecule has 178 valence electrons. The van der Waals surface area contributed by atoms with Crippen molar-refractivity contribution in [1.29, 1.82) is 5.26 Å². The Labute approximate surface area is 216 Å². The van der Waals surface area contributed by atoms with Crippen LogP contribution in [0.3, 0.4) is 0 Å². The zero-order valence-corrected chi connectivity index (χ0v) is 21.1. The first kappa shape index (κ1) is 23.6. The smallest absolute Gasteiger partial charge is 0.177 e. The van der Waals surface area contributed by atoms with Crippen LogP contribution >= 0.6 is 34.8 Å². The lowest BCUT2D eigenvalue weighted by Crippen LogP contribution is -2.53. The maximum absolute atomic E-state index is 9.76. The summed E-state index contributed by atoms with van der Waals surface area (Å²) in [7, 11) is 0. The Morgan fingerprint density at radius 3 is 2.49 bits per heavy atom. The highest BCUT2D eigenvalue weighted by molar-refractivity contribution is 6.36. The second-order valence-electron chi connectivity index (χ2n) is 9.18. The number of hydrogen-bond acceptors (Lipinski definition) is 7. The summed E-state index contributed by atoms with van der Waals surface area (Å²) in [6.45, 7) is 6.08. The van der Waals surface area contributed by atoms with E-state index in [0.29, 0.717) is 44.5 Å². The first-order valence-corrected chi connectivity index (χ1v) is 11.8. The van der Waals surface area contributed by atoms with Crippen LogP contribution in [0.25, 0.3) is 22.2 Å². The van der Waals surface area contributed by atoms with Crippen molar-refractivity contribution in [1.82, 2.24) is 20.2 Å². The van der Waals surface area contributed by atoms with Gasteiger partial charge in [-0.15, -0.1) is 0 Å². The number of hydrogen-bond donors (Lipinski definition) is 2. The van der Waals surface area contributed by atoms with Gasteiger partial charge >= 0.3 is 0 Å². The fraction of sp³-hybridized carbons (Fsp3) is 0.250. The van der Waals surface area contributed by atoms with Crippen LogP contribution in [-0.2, 0) is 0 Å². The first-order valence-electron chi connectivity index (χ1n) is 10.7. The van der Waals surface area contributed by atoms with Crippen LogP contribution in [0.1, 0.15) is 31.2 Å². The molecule has 0 bridgehead atoms. The van der Waals surface area contributed by atoms with E-state index in [2.05, 4.69) is 45.0 Å². The molecule has 0 unspecified atom stereocenters. The van der Waals surface area contributed by atoms with Crippen LogP contribution in [0.2, 0.25) is 15.1 Å². The summed E-state index contributed by atoms with van der Waals surface area (Å²) in [5.41, 5.74) is 9.33. The van der Waals surface area contributed by atoms with Crippen molar-refractivity contribution in [3.8, 4) is 23.1 Å². The van der Waals surface area contributed by atoms with Gasteiger partial charge in [0.15, 0.2) is 6.23 Å². The number of anilines is 1. The van der Waals surface area contributed by atoms with Crippen molar-refractivity contribution in [3.63, 3.8) is 0 Å². The third-order valence-electron chi connectivity index (χ3n) is 5.84. The van der Waals surface area contributed by atoms with Gasteiger partial charge in [-0.3, -0.25) is 15.8 Å². The number of rotatable bonds is 5. The molecule has 1 fully saturated rings. The number of fused-ring (bicyclic) bond motifs is 1. The Hall–Kier alpha value is -3.09. The summed E-state index contributed by atoms with van der Waals surface area (Å²) < 4.78 is 5.93. The summed E-state index contributed by atoms with van der Waals surface area (Å²) in [4.78, 5) is 10.6. The molecule has 1 atom stereocenters. The second-order valence-corrected chi connectivity index (χ2v) is 10.4. The molecule has 35 heavy (non-hydrogen) atoms. The van der Waals surface area contributed by atoms with E-state index in [1.54, 1.807) is 24.4 Å². The Kier molecular flexibility index (Phi) is 5.98. The maximum Gasteiger partial charge on any atom is 0.177 e. The van der Waals surface area contributed by atoms with Crippen LogP contribution in [-0.4, -0.2) is 33.3 Å². The van der Waals surface area contributed by atoms with Gasteiger partial charge in [-0.1, -0.05) is 48.7 Å². The number of aromatic amines is 1. The molecular formula is C24H20Cl3N7O. The van der Waals surface area contributed by atoms with E-state index in [4.69, 9.17) is 45.3 Å². The fourth-order valence-electron chi connectivity index (χ4n) is 4.28. The quantitative estimate of drug-likeness (QED) is 0.317. The molecule has 0 aliphatic carbocycles. The van der Waals surface area contributed by atoms with Gasteiger partial charge in [-0.05, 0) is 23.6 Å². The average Bonchev–Trinajstić information content (AvgIpc) is 3.19. The van der Waals surface area contributed by atoms with Crippen molar-refractivity contribution in [2.24, 2.45) is 11.1 Å². The molecule has 1 aliphatic heterocycles. The van der Waals surface area contributed by atoms with Gasteiger partial charge in [0.1, 0.15) is 23.3 Å². The number of nitrogens with two attached hydrogens (primary N) is 1. The van der Waals surface area contributed by atoms with E-state index < -0.39 is 6.23 Å². The molecule has 0 saturated carbocycles. The number of H-pyrrole nitrogens is 1. The zero-order chi connectivity index (χ0) is 24.9. The maximum atomic E-state index is 9.76. The van der Waals surface area contributed by atoms with Crippen LogP contribution in [0.5, 0.6) is 5.75 Å². The lowest BCUT2D eigenvalue weighted by atomic mass is 9.84. The average molecular weight is 529 g/mol. The van der Waals surface area contributed by atoms with Gasteiger partial charge in [0.2, 0.25) is 0 Å². The Morgan fingerprint density at radius 2 is 1.83 bits per heavy atom. The van der Waals surface area contributed by atoms with E-state index in [0.717, 1.165) is 18.5 Å². The molecule has 8 nitrogen and oxygen atoms in total. The fourth-order valence-corrected chi connectivity index (χ4v) is 5.06. The van der Waals surface area contributed by atoms with Gasteiger partial charge < -0.3 is 9.64 Å². The van der Waals surface area contributed by atoms with Crippen LogP contribution < -0.4 is 15.4 Å². The monoisotopic (exact) mass is 527 g/mol. The minimum Gasteiger partial charge on any atom is -0.470 e. The highest BCUT2D eigenvalue weighted by atomic mass is 35.5. The molecule has 1 aliphatic rings. The largest absolute Gasteiger partial charge is 0.470 e. The SMILES string of the molecule is CC1(C)CN(c2ncc(-c3n[nH]c4cc(Cl)c(O[C@H](N)c5c(Cl)cncc5Cl)cc34)cc2C#N)C1. The summed E-state index contributed by atoms with van der Waals surface area (Å²) >= 11 is 18.9. The third kappa shape index (κ3) is 4.37. The predicted octanol–water partition coefficient (Wildman–Crippen LogP) is 5.73. The zero-order valence-electron chi connectivity index (χ0n) is 18.8. The van der Waals surface area contributed by atoms with Crippen molar-refractivity contribution in [3.05, 3.63) is 63.0 Å². The van der Waals surface area contributed by atoms with Gasteiger partial charge in [-0.25, -0.2) is 4.98 Å². The molecule has 0 amide bonds. The van der Waals surface area contributed by atoms with Gasteiger partial charge in [-0.2, -0.15) is 10.4 Å². The number of aromatic nitrogens is 4. The topological polar surface area (TPSA) is 117 Å². The summed E-state index contributed by atoms with van der Waals surface area (Å²) in [5.74, 6) is 1.01. The molecule has 0 radical (unpaired) electrons.